The minimum Gasteiger partial charge on any atom is -0.461 e. The van der Waals surface area contributed by atoms with Crippen LogP contribution in [0.4, 0.5) is 10.1 Å². The molecule has 1 aromatic carbocycles. The van der Waals surface area contributed by atoms with Crippen LogP contribution in [0.2, 0.25) is 0 Å². The summed E-state index contributed by atoms with van der Waals surface area (Å²) in [6.07, 6.45) is 0.344. The van der Waals surface area contributed by atoms with Crippen LogP contribution in [-0.2, 0) is 9.47 Å². The number of rotatable bonds is 4. The number of fused-ring (bicyclic) bond motifs is 1. The minimum atomic E-state index is -0.723. The highest BCUT2D eigenvalue weighted by Gasteiger charge is 2.30. The number of hydrogen-bond acceptors (Lipinski definition) is 7. The van der Waals surface area contributed by atoms with Gasteiger partial charge in [0.2, 0.25) is 5.58 Å². The zero-order chi connectivity index (χ0) is 18.1. The lowest BCUT2D eigenvalue weighted by Crippen LogP contribution is -2.46. The van der Waals surface area contributed by atoms with Gasteiger partial charge in [-0.15, -0.1) is 0 Å². The summed E-state index contributed by atoms with van der Waals surface area (Å²) >= 11 is 0. The molecule has 0 saturated carbocycles. The number of aldehydes is 1. The predicted molar refractivity (Wildman–Crippen MR) is 87.5 cm³/mol. The number of morpholine rings is 1. The van der Waals surface area contributed by atoms with E-state index in [-0.39, 0.29) is 46.7 Å². The molecule has 7 nitrogen and oxygen atoms in total. The first kappa shape index (κ1) is 17.3. The molecule has 0 N–H and O–H groups in total. The summed E-state index contributed by atoms with van der Waals surface area (Å²) in [6.45, 7) is 6.44. The Morgan fingerprint density at radius 2 is 2.12 bits per heavy atom. The molecule has 1 aliphatic rings. The van der Waals surface area contributed by atoms with E-state index in [1.54, 1.807) is 11.8 Å². The van der Waals surface area contributed by atoms with E-state index in [0.717, 1.165) is 0 Å². The van der Waals surface area contributed by atoms with Gasteiger partial charge >= 0.3 is 5.97 Å². The summed E-state index contributed by atoms with van der Waals surface area (Å²) in [5.74, 6) is -1.44. The molecular formula is C17H19FN2O5. The number of carbonyl (C=O) groups excluding carboxylic acids is 2. The van der Waals surface area contributed by atoms with Crippen molar-refractivity contribution in [3.05, 3.63) is 23.1 Å². The van der Waals surface area contributed by atoms with Crippen LogP contribution >= 0.6 is 0 Å². The van der Waals surface area contributed by atoms with Gasteiger partial charge in [0.25, 0.3) is 0 Å². The zero-order valence-corrected chi connectivity index (χ0v) is 14.2. The Morgan fingerprint density at radius 1 is 1.44 bits per heavy atom. The van der Waals surface area contributed by atoms with Gasteiger partial charge in [0.15, 0.2) is 17.8 Å². The SMILES string of the molecule is CCOC(=O)c1noc2c(F)c(N3C[C@@H](C)O[C@@H](C)C3)c(C=O)cc12. The number of hydrogen-bond donors (Lipinski definition) is 0. The number of nitrogens with zero attached hydrogens (tertiary/aromatic N) is 2. The Balaban J connectivity index is 2.12. The monoisotopic (exact) mass is 350 g/mol. The Morgan fingerprint density at radius 3 is 2.72 bits per heavy atom. The number of halogens is 1. The molecule has 2 heterocycles. The summed E-state index contributed by atoms with van der Waals surface area (Å²) in [4.78, 5) is 25.2. The molecule has 1 aromatic heterocycles. The number of anilines is 1. The molecule has 0 radical (unpaired) electrons. The van der Waals surface area contributed by atoms with E-state index in [1.165, 1.54) is 6.07 Å². The van der Waals surface area contributed by atoms with Gasteiger partial charge in [0.05, 0.1) is 29.9 Å². The molecule has 1 aliphatic heterocycles. The second kappa shape index (κ2) is 6.79. The quantitative estimate of drug-likeness (QED) is 0.619. The molecule has 1 fully saturated rings. The number of carbonyl (C=O) groups is 2. The standard InChI is InChI=1S/C17H19FN2O5/c1-4-23-17(22)14-12-5-11(8-21)15(13(18)16(12)25-19-14)20-6-9(2)24-10(3)7-20/h5,8-10H,4,6-7H2,1-3H3/t9-,10+. The molecular weight excluding hydrogens is 331 g/mol. The third-order valence-electron chi connectivity index (χ3n) is 4.04. The molecule has 0 spiro atoms. The van der Waals surface area contributed by atoms with Gasteiger partial charge in [-0.2, -0.15) is 0 Å². The highest BCUT2D eigenvalue weighted by molar-refractivity contribution is 6.04. The molecule has 2 aromatic rings. The fourth-order valence-electron chi connectivity index (χ4n) is 3.17. The molecule has 3 rings (SSSR count). The van der Waals surface area contributed by atoms with E-state index in [0.29, 0.717) is 19.4 Å². The number of esters is 1. The van der Waals surface area contributed by atoms with Crippen molar-refractivity contribution < 1.29 is 28.0 Å². The Hall–Kier alpha value is -2.48. The van der Waals surface area contributed by atoms with Gasteiger partial charge in [0, 0.05) is 18.7 Å². The second-order valence-electron chi connectivity index (χ2n) is 6.04. The lowest BCUT2D eigenvalue weighted by molar-refractivity contribution is -0.00543. The van der Waals surface area contributed by atoms with Crippen LogP contribution in [0.15, 0.2) is 10.6 Å². The van der Waals surface area contributed by atoms with Gasteiger partial charge in [-0.1, -0.05) is 5.16 Å². The van der Waals surface area contributed by atoms with Crippen LogP contribution in [0, 0.1) is 5.82 Å². The second-order valence-corrected chi connectivity index (χ2v) is 6.04. The molecule has 2 atom stereocenters. The number of ether oxygens (including phenoxy) is 2. The van der Waals surface area contributed by atoms with Gasteiger partial charge in [0.1, 0.15) is 0 Å². The van der Waals surface area contributed by atoms with Gasteiger partial charge in [-0.3, -0.25) is 4.79 Å². The third kappa shape index (κ3) is 3.09. The highest BCUT2D eigenvalue weighted by atomic mass is 19.1. The van der Waals surface area contributed by atoms with Gasteiger partial charge in [-0.25, -0.2) is 9.18 Å². The van der Waals surface area contributed by atoms with Crippen molar-refractivity contribution in [3.8, 4) is 0 Å². The maximum Gasteiger partial charge on any atom is 0.361 e. The van der Waals surface area contributed by atoms with E-state index >= 15 is 4.39 Å². The van der Waals surface area contributed by atoms with E-state index in [1.807, 2.05) is 13.8 Å². The van der Waals surface area contributed by atoms with Crippen molar-refractivity contribution in [2.75, 3.05) is 24.6 Å². The van der Waals surface area contributed by atoms with Gasteiger partial charge in [-0.05, 0) is 26.8 Å². The maximum atomic E-state index is 15.1. The van der Waals surface area contributed by atoms with Crippen molar-refractivity contribution in [3.63, 3.8) is 0 Å². The van der Waals surface area contributed by atoms with Crippen molar-refractivity contribution in [1.29, 1.82) is 0 Å². The molecule has 0 amide bonds. The average molecular weight is 350 g/mol. The lowest BCUT2D eigenvalue weighted by Gasteiger charge is -2.37. The topological polar surface area (TPSA) is 81.9 Å². The number of benzene rings is 1. The molecule has 0 bridgehead atoms. The molecule has 25 heavy (non-hydrogen) atoms. The molecule has 134 valence electrons. The first-order chi connectivity index (χ1) is 12.0. The van der Waals surface area contributed by atoms with E-state index in [2.05, 4.69) is 5.16 Å². The highest BCUT2D eigenvalue weighted by Crippen LogP contribution is 2.34. The van der Waals surface area contributed by atoms with Crippen molar-refractivity contribution >= 4 is 28.9 Å². The maximum absolute atomic E-state index is 15.1. The fourth-order valence-corrected chi connectivity index (χ4v) is 3.17. The summed E-state index contributed by atoms with van der Waals surface area (Å²) < 4.78 is 30.7. The normalized spacial score (nSPS) is 20.7. The first-order valence-electron chi connectivity index (χ1n) is 8.10. The Labute approximate surface area is 143 Å². The fraction of sp³-hybridized carbons (Fsp3) is 0.471. The predicted octanol–water partition coefficient (Wildman–Crippen LogP) is 2.57. The van der Waals surface area contributed by atoms with Crippen LogP contribution in [0.25, 0.3) is 11.0 Å². The van der Waals surface area contributed by atoms with Crippen LogP contribution in [-0.4, -0.2) is 49.3 Å². The van der Waals surface area contributed by atoms with Gasteiger partial charge < -0.3 is 18.9 Å². The van der Waals surface area contributed by atoms with Crippen LogP contribution in [0.5, 0.6) is 0 Å². The minimum absolute atomic E-state index is 0.108. The van der Waals surface area contributed by atoms with Crippen LogP contribution in [0.1, 0.15) is 41.6 Å². The van der Waals surface area contributed by atoms with Crippen LogP contribution in [0.3, 0.4) is 0 Å². The summed E-state index contributed by atoms with van der Waals surface area (Å²) in [5.41, 5.74) is -0.0549. The van der Waals surface area contributed by atoms with Crippen molar-refractivity contribution in [2.45, 2.75) is 33.0 Å². The Bertz CT molecular complexity index is 809. The van der Waals surface area contributed by atoms with E-state index in [4.69, 9.17) is 14.0 Å². The lowest BCUT2D eigenvalue weighted by atomic mass is 10.1. The summed E-state index contributed by atoms with van der Waals surface area (Å²) in [5, 5.41) is 3.74. The van der Waals surface area contributed by atoms with E-state index in [9.17, 15) is 9.59 Å². The van der Waals surface area contributed by atoms with Crippen molar-refractivity contribution in [1.82, 2.24) is 5.16 Å². The number of aromatic nitrogens is 1. The Kier molecular flexibility index (Phi) is 4.71. The molecule has 8 heteroatoms. The molecule has 0 aliphatic carbocycles. The van der Waals surface area contributed by atoms with Crippen LogP contribution < -0.4 is 4.90 Å². The molecule has 0 unspecified atom stereocenters. The zero-order valence-electron chi connectivity index (χ0n) is 14.2. The molecule has 1 saturated heterocycles. The third-order valence-corrected chi connectivity index (χ3v) is 4.04. The largest absolute Gasteiger partial charge is 0.461 e. The van der Waals surface area contributed by atoms with Crippen molar-refractivity contribution in [2.24, 2.45) is 0 Å². The average Bonchev–Trinajstić information content (AvgIpc) is 2.98. The first-order valence-corrected chi connectivity index (χ1v) is 8.10. The summed E-state index contributed by atoms with van der Waals surface area (Å²) in [6, 6.07) is 1.41. The summed E-state index contributed by atoms with van der Waals surface area (Å²) in [7, 11) is 0. The smallest absolute Gasteiger partial charge is 0.361 e. The van der Waals surface area contributed by atoms with E-state index < -0.39 is 11.8 Å².